The minimum absolute atomic E-state index is 0.0824. The molecule has 0 saturated heterocycles. The fourth-order valence-corrected chi connectivity index (χ4v) is 6.40. The molecule has 1 unspecified atom stereocenters. The Morgan fingerprint density at radius 3 is 2.16 bits per heavy atom. The summed E-state index contributed by atoms with van der Waals surface area (Å²) in [7, 11) is -3.82. The van der Waals surface area contributed by atoms with E-state index in [0.717, 1.165) is 16.7 Å². The van der Waals surface area contributed by atoms with E-state index < -0.39 is 21.9 Å². The number of halogens is 1. The van der Waals surface area contributed by atoms with Gasteiger partial charge in [-0.15, -0.1) is 0 Å². The number of ether oxygens (including phenoxy) is 1. The van der Waals surface area contributed by atoms with Gasteiger partial charge in [0.2, 0.25) is 9.84 Å². The predicted octanol–water partition coefficient (Wildman–Crippen LogP) is 7.44. The summed E-state index contributed by atoms with van der Waals surface area (Å²) in [6.07, 6.45) is -0.0665. The van der Waals surface area contributed by atoms with Crippen LogP contribution in [-0.4, -0.2) is 42.6 Å². The molecule has 5 aromatic carbocycles. The lowest BCUT2D eigenvalue weighted by atomic mass is 10.1. The zero-order valence-corrected chi connectivity index (χ0v) is 25.9. The van der Waals surface area contributed by atoms with Gasteiger partial charge in [-0.2, -0.15) is 0 Å². The highest BCUT2D eigenvalue weighted by atomic mass is 35.5. The van der Waals surface area contributed by atoms with Gasteiger partial charge < -0.3 is 14.9 Å². The number of hydrogen-bond acceptors (Lipinski definition) is 6. The summed E-state index contributed by atoms with van der Waals surface area (Å²) in [5.74, 6) is -0.340. The maximum atomic E-state index is 13.5. The highest BCUT2D eigenvalue weighted by Crippen LogP contribution is 2.28. The first-order valence-corrected chi connectivity index (χ1v) is 16.2. The second-order valence-electron chi connectivity index (χ2n) is 10.6. The number of aliphatic hydroxyl groups excluding tert-OH is 1. The van der Waals surface area contributed by atoms with Crippen LogP contribution in [-0.2, 0) is 22.8 Å². The van der Waals surface area contributed by atoms with Gasteiger partial charge in [-0.25, -0.2) is 13.2 Å². The smallest absolute Gasteiger partial charge is 0.335 e. The molecule has 5 aromatic rings. The minimum Gasteiger partial charge on any atom is -0.478 e. The van der Waals surface area contributed by atoms with E-state index in [0.29, 0.717) is 42.6 Å². The molecular formula is C36H32ClNO6S. The van der Waals surface area contributed by atoms with E-state index in [1.54, 1.807) is 36.4 Å². The van der Waals surface area contributed by atoms with E-state index in [-0.39, 0.29) is 15.4 Å². The number of carbonyl (C=O) groups is 1. The molecule has 1 atom stereocenters. The second-order valence-corrected chi connectivity index (χ2v) is 13.0. The fourth-order valence-electron chi connectivity index (χ4n) is 4.91. The van der Waals surface area contributed by atoms with E-state index in [9.17, 15) is 18.3 Å². The molecule has 9 heteroatoms. The molecule has 7 nitrogen and oxygen atoms in total. The number of benzene rings is 5. The van der Waals surface area contributed by atoms with Crippen LogP contribution < -0.4 is 4.74 Å². The van der Waals surface area contributed by atoms with Crippen molar-refractivity contribution < 1.29 is 28.2 Å². The van der Waals surface area contributed by atoms with Crippen LogP contribution in [0.3, 0.4) is 0 Å². The van der Waals surface area contributed by atoms with Crippen molar-refractivity contribution in [3.05, 3.63) is 155 Å². The first-order valence-electron chi connectivity index (χ1n) is 14.3. The van der Waals surface area contributed by atoms with Crippen molar-refractivity contribution in [1.29, 1.82) is 0 Å². The molecule has 230 valence electrons. The maximum absolute atomic E-state index is 13.5. The molecule has 0 heterocycles. The summed E-state index contributed by atoms with van der Waals surface area (Å²) in [6.45, 7) is 1.70. The normalized spacial score (nSPS) is 12.2. The van der Waals surface area contributed by atoms with Gasteiger partial charge in [0, 0.05) is 24.7 Å². The van der Waals surface area contributed by atoms with E-state index in [2.05, 4.69) is 4.90 Å². The zero-order valence-electron chi connectivity index (χ0n) is 24.3. The molecule has 0 fully saturated rings. The number of sulfone groups is 1. The Bertz CT molecular complexity index is 1850. The van der Waals surface area contributed by atoms with Crippen LogP contribution in [0.5, 0.6) is 11.5 Å². The Morgan fingerprint density at radius 2 is 1.47 bits per heavy atom. The average Bonchev–Trinajstić information content (AvgIpc) is 3.04. The fraction of sp³-hybridized carbons (Fsp3) is 0.139. The van der Waals surface area contributed by atoms with Crippen LogP contribution in [0.15, 0.2) is 137 Å². The van der Waals surface area contributed by atoms with Gasteiger partial charge in [0.25, 0.3) is 0 Å². The Labute approximate surface area is 267 Å². The van der Waals surface area contributed by atoms with Crippen LogP contribution in [0, 0.1) is 0 Å². The molecule has 0 amide bonds. The third-order valence-corrected chi connectivity index (χ3v) is 9.32. The standard InChI is InChI=1S/C36H32ClNO6S/c37-30-9-4-8-29(22-30)35(39)25-38(24-27-6-2-1-3-7-27)21-20-26-12-18-33(19-13-26)45(42,43)34-11-5-10-32(23-34)44-31-16-14-28(15-17-31)36(40)41/h1-19,22-23,35,39H,20-21,24-25H2,(H,40,41). The predicted molar refractivity (Wildman–Crippen MR) is 174 cm³/mol. The zero-order chi connectivity index (χ0) is 31.8. The topological polar surface area (TPSA) is 104 Å². The van der Waals surface area contributed by atoms with E-state index >= 15 is 0 Å². The van der Waals surface area contributed by atoms with Gasteiger partial charge in [-0.3, -0.25) is 4.90 Å². The van der Waals surface area contributed by atoms with Gasteiger partial charge in [0.1, 0.15) is 11.5 Å². The molecule has 0 aliphatic heterocycles. The van der Waals surface area contributed by atoms with Crippen LogP contribution >= 0.6 is 11.6 Å². The van der Waals surface area contributed by atoms with E-state index in [4.69, 9.17) is 21.4 Å². The average molecular weight is 642 g/mol. The van der Waals surface area contributed by atoms with Crippen LogP contribution in [0.1, 0.15) is 33.2 Å². The van der Waals surface area contributed by atoms with Crippen molar-refractivity contribution in [3.8, 4) is 11.5 Å². The third-order valence-electron chi connectivity index (χ3n) is 7.32. The number of carboxylic acids is 1. The van der Waals surface area contributed by atoms with E-state index in [1.165, 1.54) is 36.4 Å². The third kappa shape index (κ3) is 8.59. The number of hydrogen-bond donors (Lipinski definition) is 2. The first kappa shape index (κ1) is 31.9. The molecule has 0 aliphatic rings. The molecule has 0 spiro atoms. The largest absolute Gasteiger partial charge is 0.478 e. The molecule has 0 radical (unpaired) electrons. The van der Waals surface area contributed by atoms with Crippen molar-refractivity contribution in [3.63, 3.8) is 0 Å². The molecule has 5 rings (SSSR count). The quantitative estimate of drug-likeness (QED) is 0.138. The Balaban J connectivity index is 1.26. The van der Waals surface area contributed by atoms with Crippen molar-refractivity contribution in [2.75, 3.05) is 13.1 Å². The number of carboxylic acid groups (broad SMARTS) is 1. The minimum atomic E-state index is -3.82. The Morgan fingerprint density at radius 1 is 0.756 bits per heavy atom. The summed E-state index contributed by atoms with van der Waals surface area (Å²) in [5, 5.41) is 20.6. The van der Waals surface area contributed by atoms with Gasteiger partial charge in [-0.05, 0) is 89.8 Å². The lowest BCUT2D eigenvalue weighted by Crippen LogP contribution is -2.30. The first-order chi connectivity index (χ1) is 21.7. The van der Waals surface area contributed by atoms with Crippen molar-refractivity contribution in [2.24, 2.45) is 0 Å². The molecule has 45 heavy (non-hydrogen) atoms. The Hall–Kier alpha value is -4.47. The number of nitrogens with zero attached hydrogens (tertiary/aromatic N) is 1. The van der Waals surface area contributed by atoms with Gasteiger partial charge in [0.15, 0.2) is 0 Å². The summed E-state index contributed by atoms with van der Waals surface area (Å²) in [4.78, 5) is 13.5. The summed E-state index contributed by atoms with van der Waals surface area (Å²) >= 11 is 6.14. The highest BCUT2D eigenvalue weighted by Gasteiger charge is 2.19. The monoisotopic (exact) mass is 641 g/mol. The number of aliphatic hydroxyl groups is 1. The summed E-state index contributed by atoms with van der Waals surface area (Å²) < 4.78 is 32.7. The molecular weight excluding hydrogens is 610 g/mol. The van der Waals surface area contributed by atoms with Crippen molar-refractivity contribution >= 4 is 27.4 Å². The SMILES string of the molecule is O=C(O)c1ccc(Oc2cccc(S(=O)(=O)c3ccc(CCN(Cc4ccccc4)CC(O)c4cccc(Cl)c4)cc3)c2)cc1. The lowest BCUT2D eigenvalue weighted by Gasteiger charge is -2.25. The molecule has 0 aliphatic carbocycles. The van der Waals surface area contributed by atoms with Gasteiger partial charge in [0.05, 0.1) is 21.5 Å². The van der Waals surface area contributed by atoms with Crippen LogP contribution in [0.25, 0.3) is 0 Å². The van der Waals surface area contributed by atoms with E-state index in [1.807, 2.05) is 54.6 Å². The van der Waals surface area contributed by atoms with Crippen LogP contribution in [0.2, 0.25) is 5.02 Å². The Kier molecular flexibility index (Phi) is 10.3. The van der Waals surface area contributed by atoms with Gasteiger partial charge >= 0.3 is 5.97 Å². The molecule has 0 saturated carbocycles. The van der Waals surface area contributed by atoms with Crippen molar-refractivity contribution in [1.82, 2.24) is 4.90 Å². The molecule has 2 N–H and O–H groups in total. The lowest BCUT2D eigenvalue weighted by molar-refractivity contribution is 0.0696. The maximum Gasteiger partial charge on any atom is 0.335 e. The van der Waals surface area contributed by atoms with Gasteiger partial charge in [-0.1, -0.05) is 72.3 Å². The molecule has 0 bridgehead atoms. The summed E-state index contributed by atoms with van der Waals surface area (Å²) in [5.41, 5.74) is 2.97. The summed E-state index contributed by atoms with van der Waals surface area (Å²) in [6, 6.07) is 36.2. The number of rotatable bonds is 13. The van der Waals surface area contributed by atoms with Crippen LogP contribution in [0.4, 0.5) is 0 Å². The molecule has 0 aromatic heterocycles. The van der Waals surface area contributed by atoms with Crippen molar-refractivity contribution in [2.45, 2.75) is 28.9 Å². The second kappa shape index (κ2) is 14.5. The number of aromatic carboxylic acids is 1. The highest BCUT2D eigenvalue weighted by molar-refractivity contribution is 7.91.